The summed E-state index contributed by atoms with van der Waals surface area (Å²) < 4.78 is 1.53. The fourth-order valence-corrected chi connectivity index (χ4v) is 3.19. The molecule has 0 radical (unpaired) electrons. The summed E-state index contributed by atoms with van der Waals surface area (Å²) in [7, 11) is 0. The number of fused-ring (bicyclic) bond motifs is 1. The Morgan fingerprint density at radius 2 is 1.64 bits per heavy atom. The molecular weight excluding hydrogens is 310 g/mol. The Morgan fingerprint density at radius 1 is 0.960 bits per heavy atom. The van der Waals surface area contributed by atoms with Gasteiger partial charge in [-0.05, 0) is 30.9 Å². The minimum Gasteiger partial charge on any atom is -0.293 e. The van der Waals surface area contributed by atoms with Crippen LogP contribution in [0, 0.1) is 6.92 Å². The van der Waals surface area contributed by atoms with Gasteiger partial charge in [0.05, 0.1) is 0 Å². The van der Waals surface area contributed by atoms with E-state index in [2.05, 4.69) is 17.2 Å². The first-order chi connectivity index (χ1) is 12.2. The van der Waals surface area contributed by atoms with E-state index in [9.17, 15) is 4.79 Å². The first-order valence-corrected chi connectivity index (χ1v) is 8.43. The molecule has 4 aromatic rings. The van der Waals surface area contributed by atoms with Gasteiger partial charge in [-0.1, -0.05) is 60.7 Å². The van der Waals surface area contributed by atoms with Gasteiger partial charge in [0.2, 0.25) is 0 Å². The second-order valence-electron chi connectivity index (χ2n) is 6.21. The van der Waals surface area contributed by atoms with Crippen molar-refractivity contribution in [3.8, 4) is 11.1 Å². The second kappa shape index (κ2) is 6.40. The van der Waals surface area contributed by atoms with E-state index in [1.807, 2.05) is 55.5 Å². The zero-order valence-corrected chi connectivity index (χ0v) is 14.1. The third-order valence-electron chi connectivity index (χ3n) is 4.43. The predicted molar refractivity (Wildman–Crippen MR) is 99.8 cm³/mol. The number of hydrogen-bond acceptors (Lipinski definition) is 2. The molecule has 0 saturated heterocycles. The summed E-state index contributed by atoms with van der Waals surface area (Å²) in [5.74, 6) is 0. The first kappa shape index (κ1) is 15.4. The van der Waals surface area contributed by atoms with Gasteiger partial charge in [0.15, 0.2) is 5.65 Å². The van der Waals surface area contributed by atoms with Crippen LogP contribution in [0.5, 0.6) is 0 Å². The average Bonchev–Trinajstić information content (AvgIpc) is 2.98. The second-order valence-corrected chi connectivity index (χ2v) is 6.21. The van der Waals surface area contributed by atoms with Crippen LogP contribution in [0.25, 0.3) is 16.8 Å². The molecule has 0 spiro atoms. The molecule has 0 fully saturated rings. The Hall–Kier alpha value is -3.14. The lowest BCUT2D eigenvalue weighted by molar-refractivity contribution is 0.844. The molecular formula is C21H19N3O. The number of rotatable bonds is 4. The predicted octanol–water partition coefficient (Wildman–Crippen LogP) is 3.78. The Labute approximate surface area is 145 Å². The monoisotopic (exact) mass is 329 g/mol. The summed E-state index contributed by atoms with van der Waals surface area (Å²) in [4.78, 5) is 17.3. The zero-order valence-electron chi connectivity index (χ0n) is 14.1. The summed E-state index contributed by atoms with van der Waals surface area (Å²) >= 11 is 0. The van der Waals surface area contributed by atoms with E-state index in [-0.39, 0.29) is 5.56 Å². The van der Waals surface area contributed by atoms with Crippen LogP contribution >= 0.6 is 0 Å². The maximum atomic E-state index is 12.5. The van der Waals surface area contributed by atoms with Crippen molar-refractivity contribution in [1.29, 1.82) is 0 Å². The summed E-state index contributed by atoms with van der Waals surface area (Å²) in [6, 6.07) is 22.0. The van der Waals surface area contributed by atoms with E-state index >= 15 is 0 Å². The third-order valence-corrected chi connectivity index (χ3v) is 4.43. The van der Waals surface area contributed by atoms with Gasteiger partial charge in [-0.15, -0.1) is 0 Å². The Morgan fingerprint density at radius 3 is 2.36 bits per heavy atom. The Balaban J connectivity index is 1.77. The minimum atomic E-state index is -0.0710. The van der Waals surface area contributed by atoms with Gasteiger partial charge in [0.1, 0.15) is 0 Å². The molecule has 4 nitrogen and oxygen atoms in total. The fourth-order valence-electron chi connectivity index (χ4n) is 3.19. The van der Waals surface area contributed by atoms with Gasteiger partial charge in [-0.3, -0.25) is 9.89 Å². The summed E-state index contributed by atoms with van der Waals surface area (Å²) in [5, 5.41) is 3.14. The topological polar surface area (TPSA) is 50.2 Å². The van der Waals surface area contributed by atoms with Crippen molar-refractivity contribution in [3.63, 3.8) is 0 Å². The first-order valence-electron chi connectivity index (χ1n) is 8.43. The molecule has 0 bridgehead atoms. The maximum Gasteiger partial charge on any atom is 0.272 e. The molecule has 0 atom stereocenters. The van der Waals surface area contributed by atoms with Crippen LogP contribution in [0.2, 0.25) is 0 Å². The molecule has 0 aliphatic heterocycles. The van der Waals surface area contributed by atoms with Crippen molar-refractivity contribution in [2.24, 2.45) is 0 Å². The highest BCUT2D eigenvalue weighted by Crippen LogP contribution is 2.26. The quantitative estimate of drug-likeness (QED) is 0.619. The van der Waals surface area contributed by atoms with Crippen LogP contribution in [0.4, 0.5) is 0 Å². The number of benzene rings is 2. The smallest absolute Gasteiger partial charge is 0.272 e. The standard InChI is InChI=1S/C21H19N3O/c1-15-20(17-10-6-3-7-11-17)21-22-18(14-19(25)24(21)23-15)13-12-16-8-4-2-5-9-16/h2-11,14,23H,12-13H2,1H3. The number of aryl methyl sites for hydroxylation is 3. The van der Waals surface area contributed by atoms with E-state index in [1.54, 1.807) is 6.07 Å². The van der Waals surface area contributed by atoms with E-state index in [4.69, 9.17) is 4.98 Å². The molecule has 0 aliphatic rings. The van der Waals surface area contributed by atoms with Gasteiger partial charge >= 0.3 is 0 Å². The van der Waals surface area contributed by atoms with Crippen LogP contribution in [0.1, 0.15) is 17.0 Å². The summed E-state index contributed by atoms with van der Waals surface area (Å²) in [6.07, 6.45) is 1.61. The molecule has 4 rings (SSSR count). The molecule has 2 aromatic heterocycles. The molecule has 4 heteroatoms. The van der Waals surface area contributed by atoms with E-state index in [0.717, 1.165) is 35.4 Å². The van der Waals surface area contributed by atoms with Crippen LogP contribution in [-0.2, 0) is 12.8 Å². The number of nitrogens with zero attached hydrogens (tertiary/aromatic N) is 2. The molecule has 1 N–H and O–H groups in total. The molecule has 2 aromatic carbocycles. The van der Waals surface area contributed by atoms with Crippen molar-refractivity contribution in [1.82, 2.24) is 14.6 Å². The van der Waals surface area contributed by atoms with Gasteiger partial charge in [0.25, 0.3) is 5.56 Å². The molecule has 0 aliphatic carbocycles. The largest absolute Gasteiger partial charge is 0.293 e. The van der Waals surface area contributed by atoms with Crippen molar-refractivity contribution >= 4 is 5.65 Å². The molecule has 0 amide bonds. The van der Waals surface area contributed by atoms with Gasteiger partial charge in [-0.2, -0.15) is 0 Å². The molecule has 0 saturated carbocycles. The average molecular weight is 329 g/mol. The molecule has 25 heavy (non-hydrogen) atoms. The van der Waals surface area contributed by atoms with Crippen molar-refractivity contribution in [2.45, 2.75) is 19.8 Å². The SMILES string of the molecule is Cc1[nH]n2c(=O)cc(CCc3ccccc3)nc2c1-c1ccccc1. The van der Waals surface area contributed by atoms with Crippen LogP contribution in [0.15, 0.2) is 71.5 Å². The van der Waals surface area contributed by atoms with Gasteiger partial charge < -0.3 is 0 Å². The third kappa shape index (κ3) is 2.98. The van der Waals surface area contributed by atoms with E-state index < -0.39 is 0 Å². The van der Waals surface area contributed by atoms with E-state index in [1.165, 1.54) is 10.1 Å². The highest BCUT2D eigenvalue weighted by molar-refractivity contribution is 5.79. The normalized spacial score (nSPS) is 11.1. The summed E-state index contributed by atoms with van der Waals surface area (Å²) in [6.45, 7) is 1.97. The minimum absolute atomic E-state index is 0.0710. The maximum absolute atomic E-state index is 12.5. The number of H-pyrrole nitrogens is 1. The van der Waals surface area contributed by atoms with Crippen LogP contribution < -0.4 is 5.56 Å². The van der Waals surface area contributed by atoms with Crippen LogP contribution in [-0.4, -0.2) is 14.6 Å². The fraction of sp³-hybridized carbons (Fsp3) is 0.143. The zero-order chi connectivity index (χ0) is 17.2. The van der Waals surface area contributed by atoms with Crippen molar-refractivity contribution in [3.05, 3.63) is 94.0 Å². The lowest BCUT2D eigenvalue weighted by Gasteiger charge is -2.04. The molecule has 2 heterocycles. The van der Waals surface area contributed by atoms with Crippen molar-refractivity contribution in [2.75, 3.05) is 0 Å². The van der Waals surface area contributed by atoms with Crippen molar-refractivity contribution < 1.29 is 0 Å². The van der Waals surface area contributed by atoms with Gasteiger partial charge in [-0.25, -0.2) is 9.50 Å². The number of nitrogens with one attached hydrogen (secondary N) is 1. The van der Waals surface area contributed by atoms with E-state index in [0.29, 0.717) is 5.65 Å². The summed E-state index contributed by atoms with van der Waals surface area (Å²) in [5.41, 5.74) is 5.68. The molecule has 124 valence electrons. The molecule has 0 unspecified atom stereocenters. The number of aromatic nitrogens is 3. The van der Waals surface area contributed by atoms with Gasteiger partial charge in [0, 0.05) is 23.0 Å². The van der Waals surface area contributed by atoms with Crippen LogP contribution in [0.3, 0.4) is 0 Å². The highest BCUT2D eigenvalue weighted by atomic mass is 16.1. The lowest BCUT2D eigenvalue weighted by Crippen LogP contribution is -2.16. The highest BCUT2D eigenvalue weighted by Gasteiger charge is 2.14. The number of hydrogen-bond donors (Lipinski definition) is 1. The lowest BCUT2D eigenvalue weighted by atomic mass is 10.1. The number of aromatic amines is 1. The Bertz CT molecular complexity index is 1060. The Kier molecular flexibility index (Phi) is 3.94.